The number of fused-ring (bicyclic) bond motifs is 1. The lowest BCUT2D eigenvalue weighted by Gasteiger charge is -2.50. The van der Waals surface area contributed by atoms with E-state index in [1.54, 1.807) is 32.5 Å². The van der Waals surface area contributed by atoms with Gasteiger partial charge in [0.15, 0.2) is 0 Å². The molecule has 1 amide bonds. The van der Waals surface area contributed by atoms with Gasteiger partial charge in [0.05, 0.1) is 11.3 Å². The highest BCUT2D eigenvalue weighted by Crippen LogP contribution is 2.45. The molecule has 24 heavy (non-hydrogen) atoms. The van der Waals surface area contributed by atoms with Crippen LogP contribution in [0.5, 0.6) is 0 Å². The normalized spacial score (nSPS) is 23.5. The highest BCUT2D eigenvalue weighted by atomic mass is 32.2. The Bertz CT molecular complexity index is 578. The maximum absolute atomic E-state index is 12.6. The molecule has 2 heterocycles. The Morgan fingerprint density at radius 2 is 2.00 bits per heavy atom. The maximum Gasteiger partial charge on any atom is 0.355 e. The van der Waals surface area contributed by atoms with Crippen LogP contribution in [0.1, 0.15) is 47.5 Å². The zero-order valence-corrected chi connectivity index (χ0v) is 15.7. The molecule has 134 valence electrons. The lowest BCUT2D eigenvalue weighted by molar-refractivity contribution is -0.160. The van der Waals surface area contributed by atoms with Crippen LogP contribution in [0.15, 0.2) is 11.3 Å². The molecule has 2 rings (SSSR count). The summed E-state index contributed by atoms with van der Waals surface area (Å²) >= 11 is 1.61. The minimum Gasteiger partial charge on any atom is -0.461 e. The van der Waals surface area contributed by atoms with Crippen LogP contribution in [0.25, 0.3) is 0 Å². The van der Waals surface area contributed by atoms with Crippen molar-refractivity contribution in [2.45, 2.75) is 58.4 Å². The first-order valence-electron chi connectivity index (χ1n) is 8.19. The lowest BCUT2D eigenvalue weighted by atomic mass is 9.91. The van der Waals surface area contributed by atoms with Gasteiger partial charge in [-0.2, -0.15) is 0 Å². The monoisotopic (exact) mass is 355 g/mol. The third-order valence-corrected chi connectivity index (χ3v) is 5.20. The summed E-state index contributed by atoms with van der Waals surface area (Å²) in [6.45, 7) is 8.71. The standard InChI is InChI=1S/C17H25NO5S/c1-6-7-12-14(20)18-13(16(21)23-17(3,4)5)11(8-22-10(2)19)9-24-15(12)18/h12,15H,6-9H2,1-5H3/t12-,15+/m0/s1. The molecule has 0 aliphatic carbocycles. The van der Waals surface area contributed by atoms with Crippen molar-refractivity contribution in [2.24, 2.45) is 5.92 Å². The second-order valence-electron chi connectivity index (χ2n) is 7.04. The van der Waals surface area contributed by atoms with Crippen molar-refractivity contribution >= 4 is 29.6 Å². The van der Waals surface area contributed by atoms with Crippen LogP contribution in [0, 0.1) is 5.92 Å². The predicted octanol–water partition coefficient (Wildman–Crippen LogP) is 2.48. The van der Waals surface area contributed by atoms with Gasteiger partial charge in [0, 0.05) is 18.2 Å². The van der Waals surface area contributed by atoms with Crippen molar-refractivity contribution in [2.75, 3.05) is 12.4 Å². The third-order valence-electron chi connectivity index (χ3n) is 3.80. The minimum absolute atomic E-state index is 0.00581. The molecule has 0 N–H and O–H groups in total. The zero-order valence-electron chi connectivity index (χ0n) is 14.9. The van der Waals surface area contributed by atoms with E-state index in [9.17, 15) is 14.4 Å². The fourth-order valence-electron chi connectivity index (χ4n) is 2.82. The summed E-state index contributed by atoms with van der Waals surface area (Å²) < 4.78 is 10.5. The third kappa shape index (κ3) is 3.94. The summed E-state index contributed by atoms with van der Waals surface area (Å²) in [5.74, 6) is -0.491. The number of thioether (sulfide) groups is 1. The summed E-state index contributed by atoms with van der Waals surface area (Å²) in [7, 11) is 0. The van der Waals surface area contributed by atoms with Gasteiger partial charge in [-0.15, -0.1) is 11.8 Å². The van der Waals surface area contributed by atoms with Gasteiger partial charge in [-0.25, -0.2) is 4.79 Å². The van der Waals surface area contributed by atoms with E-state index in [1.165, 1.54) is 11.8 Å². The number of nitrogens with zero attached hydrogens (tertiary/aromatic N) is 1. The molecule has 0 aromatic rings. The lowest BCUT2D eigenvalue weighted by Crippen LogP contribution is -2.61. The van der Waals surface area contributed by atoms with Crippen LogP contribution in [-0.2, 0) is 23.9 Å². The Labute approximate surface area is 146 Å². The maximum atomic E-state index is 12.6. The average molecular weight is 355 g/mol. The van der Waals surface area contributed by atoms with Crippen LogP contribution in [-0.4, -0.2) is 46.1 Å². The molecule has 0 unspecified atom stereocenters. The molecule has 0 bridgehead atoms. The van der Waals surface area contributed by atoms with Gasteiger partial charge in [0.25, 0.3) is 0 Å². The van der Waals surface area contributed by atoms with Gasteiger partial charge in [0.2, 0.25) is 5.91 Å². The van der Waals surface area contributed by atoms with E-state index in [1.807, 2.05) is 6.92 Å². The fourth-order valence-corrected chi connectivity index (χ4v) is 4.26. The first-order valence-corrected chi connectivity index (χ1v) is 9.24. The van der Waals surface area contributed by atoms with Crippen molar-refractivity contribution in [3.8, 4) is 0 Å². The van der Waals surface area contributed by atoms with Gasteiger partial charge in [-0.3, -0.25) is 14.5 Å². The number of carbonyl (C=O) groups excluding carboxylic acids is 3. The largest absolute Gasteiger partial charge is 0.461 e. The van der Waals surface area contributed by atoms with E-state index in [4.69, 9.17) is 9.47 Å². The van der Waals surface area contributed by atoms with E-state index in [0.717, 1.165) is 12.8 Å². The van der Waals surface area contributed by atoms with Crippen LogP contribution >= 0.6 is 11.8 Å². The molecule has 1 saturated heterocycles. The highest BCUT2D eigenvalue weighted by molar-refractivity contribution is 8.00. The van der Waals surface area contributed by atoms with E-state index in [-0.39, 0.29) is 29.5 Å². The number of hydrogen-bond donors (Lipinski definition) is 0. The smallest absolute Gasteiger partial charge is 0.355 e. The molecule has 0 radical (unpaired) electrons. The van der Waals surface area contributed by atoms with Crippen molar-refractivity contribution in [1.82, 2.24) is 4.90 Å². The summed E-state index contributed by atoms with van der Waals surface area (Å²) in [5.41, 5.74) is 0.226. The zero-order chi connectivity index (χ0) is 18.1. The molecular formula is C17H25NO5S. The molecule has 7 heteroatoms. The van der Waals surface area contributed by atoms with Crippen LogP contribution in [0.2, 0.25) is 0 Å². The average Bonchev–Trinajstić information content (AvgIpc) is 2.47. The summed E-state index contributed by atoms with van der Waals surface area (Å²) in [4.78, 5) is 37.8. The van der Waals surface area contributed by atoms with Crippen LogP contribution in [0.4, 0.5) is 0 Å². The van der Waals surface area contributed by atoms with Crippen molar-refractivity contribution in [1.29, 1.82) is 0 Å². The van der Waals surface area contributed by atoms with E-state index < -0.39 is 17.5 Å². The van der Waals surface area contributed by atoms with Gasteiger partial charge >= 0.3 is 11.9 Å². The van der Waals surface area contributed by atoms with Crippen molar-refractivity contribution in [3.63, 3.8) is 0 Å². The highest BCUT2D eigenvalue weighted by Gasteiger charge is 2.53. The number of esters is 2. The molecule has 2 atom stereocenters. The number of amides is 1. The molecule has 2 aliphatic heterocycles. The first-order chi connectivity index (χ1) is 11.2. The van der Waals surface area contributed by atoms with E-state index in [0.29, 0.717) is 11.3 Å². The number of hydrogen-bond acceptors (Lipinski definition) is 6. The Morgan fingerprint density at radius 1 is 1.33 bits per heavy atom. The van der Waals surface area contributed by atoms with E-state index in [2.05, 4.69) is 0 Å². The van der Waals surface area contributed by atoms with Crippen molar-refractivity contribution in [3.05, 3.63) is 11.3 Å². The van der Waals surface area contributed by atoms with Gasteiger partial charge in [-0.05, 0) is 27.2 Å². The molecular weight excluding hydrogens is 330 g/mol. The Kier molecular flexibility index (Phi) is 5.63. The second-order valence-corrected chi connectivity index (χ2v) is 8.14. The van der Waals surface area contributed by atoms with E-state index >= 15 is 0 Å². The molecule has 0 saturated carbocycles. The summed E-state index contributed by atoms with van der Waals surface area (Å²) in [6.07, 6.45) is 1.74. The molecule has 0 aromatic carbocycles. The summed E-state index contributed by atoms with van der Waals surface area (Å²) in [5, 5.41) is -0.0268. The second kappa shape index (κ2) is 7.17. The predicted molar refractivity (Wildman–Crippen MR) is 91.0 cm³/mol. The quantitative estimate of drug-likeness (QED) is 0.557. The molecule has 0 spiro atoms. The minimum atomic E-state index is -0.659. The summed E-state index contributed by atoms with van der Waals surface area (Å²) in [6, 6.07) is 0. The molecule has 6 nitrogen and oxygen atoms in total. The number of carbonyl (C=O) groups is 3. The van der Waals surface area contributed by atoms with Gasteiger partial charge in [0.1, 0.15) is 17.9 Å². The number of ether oxygens (including phenoxy) is 2. The Balaban J connectivity index is 2.29. The Morgan fingerprint density at radius 3 is 2.54 bits per heavy atom. The number of β-lactam (4-membered cyclic amide) rings is 1. The first kappa shape index (κ1) is 18.8. The number of rotatable bonds is 5. The topological polar surface area (TPSA) is 72.9 Å². The SMILES string of the molecule is CCC[C@H]1C(=O)N2C(C(=O)OC(C)(C)C)=C(COC(C)=O)CS[C@H]12. The molecule has 0 aromatic heterocycles. The van der Waals surface area contributed by atoms with Gasteiger partial charge < -0.3 is 9.47 Å². The molecule has 1 fully saturated rings. The van der Waals surface area contributed by atoms with Crippen molar-refractivity contribution < 1.29 is 23.9 Å². The fraction of sp³-hybridized carbons (Fsp3) is 0.706. The molecule has 2 aliphatic rings. The van der Waals surface area contributed by atoms with Crippen LogP contribution in [0.3, 0.4) is 0 Å². The van der Waals surface area contributed by atoms with Gasteiger partial charge in [-0.1, -0.05) is 13.3 Å². The van der Waals surface area contributed by atoms with Crippen LogP contribution < -0.4 is 0 Å². The Hall–Kier alpha value is -1.50.